The number of methoxy groups -OCH3 is 2. The number of ether oxygens (including phenoxy) is 2. The van der Waals surface area contributed by atoms with Crippen LogP contribution in [0.4, 0.5) is 21.6 Å². The zero-order valence-corrected chi connectivity index (χ0v) is 23.0. The summed E-state index contributed by atoms with van der Waals surface area (Å²) in [6.07, 6.45) is 4.60. The van der Waals surface area contributed by atoms with Gasteiger partial charge in [0, 0.05) is 49.2 Å². The van der Waals surface area contributed by atoms with Gasteiger partial charge in [0.05, 0.1) is 31.2 Å². The fourth-order valence-corrected chi connectivity index (χ4v) is 3.86. The van der Waals surface area contributed by atoms with Crippen LogP contribution in [0.2, 0.25) is 0 Å². The third-order valence-corrected chi connectivity index (χ3v) is 5.98. The number of anilines is 2. The van der Waals surface area contributed by atoms with Crippen LogP contribution in [0.25, 0.3) is 11.1 Å². The minimum absolute atomic E-state index is 0.000118. The van der Waals surface area contributed by atoms with Crippen molar-refractivity contribution in [2.45, 2.75) is 6.54 Å². The molecule has 1 amide bonds. The average Bonchev–Trinajstić information content (AvgIpc) is 2.92. The van der Waals surface area contributed by atoms with Crippen molar-refractivity contribution in [2.75, 3.05) is 59.5 Å². The molecule has 39 heavy (non-hydrogen) atoms. The first-order chi connectivity index (χ1) is 18.7. The predicted octanol–water partition coefficient (Wildman–Crippen LogP) is 4.62. The molecule has 0 aliphatic heterocycles. The number of amides is 1. The number of rotatable bonds is 12. The van der Waals surface area contributed by atoms with Gasteiger partial charge in [-0.15, -0.1) is 0 Å². The van der Waals surface area contributed by atoms with Crippen molar-refractivity contribution in [2.24, 2.45) is 4.99 Å². The standard InChI is InChI=1S/C29H35FN6O3/c1-7-12-32-28-22(10-9-21(27(28)31)23-15-20(38-5)16-24(39-6)26(23)30)29(37)34-25-11-8-19(17-33-25)18-36(4)14-13-35(2)3/h7-12,15-17H,1,13-14,18,31H2,2-6H3,(H,33,34,37). The van der Waals surface area contributed by atoms with E-state index in [0.29, 0.717) is 17.1 Å². The summed E-state index contributed by atoms with van der Waals surface area (Å²) in [5, 5.41) is 2.79. The maximum Gasteiger partial charge on any atom is 0.259 e. The van der Waals surface area contributed by atoms with Crippen LogP contribution in [-0.2, 0) is 6.54 Å². The lowest BCUT2D eigenvalue weighted by Crippen LogP contribution is -2.28. The van der Waals surface area contributed by atoms with E-state index in [4.69, 9.17) is 15.2 Å². The number of nitrogens with zero attached hydrogens (tertiary/aromatic N) is 4. The van der Waals surface area contributed by atoms with Crippen LogP contribution in [0.5, 0.6) is 11.5 Å². The zero-order valence-electron chi connectivity index (χ0n) is 23.0. The Hall–Kier alpha value is -4.28. The molecule has 3 rings (SSSR count). The smallest absolute Gasteiger partial charge is 0.259 e. The maximum absolute atomic E-state index is 15.2. The number of hydrogen-bond donors (Lipinski definition) is 2. The number of allylic oxidation sites excluding steroid dienone is 1. The van der Waals surface area contributed by atoms with Crippen LogP contribution in [0.1, 0.15) is 15.9 Å². The van der Waals surface area contributed by atoms with Gasteiger partial charge in [0.25, 0.3) is 5.91 Å². The van der Waals surface area contributed by atoms with E-state index in [1.807, 2.05) is 27.2 Å². The monoisotopic (exact) mass is 534 g/mol. The summed E-state index contributed by atoms with van der Waals surface area (Å²) in [5.74, 6) is -0.308. The molecule has 1 aromatic heterocycles. The van der Waals surface area contributed by atoms with E-state index >= 15 is 4.39 Å². The van der Waals surface area contributed by atoms with E-state index < -0.39 is 11.7 Å². The van der Waals surface area contributed by atoms with Gasteiger partial charge in [-0.25, -0.2) is 9.37 Å². The molecule has 0 spiro atoms. The Labute approximate surface area is 228 Å². The highest BCUT2D eigenvalue weighted by molar-refractivity contribution is 6.10. The second kappa shape index (κ2) is 13.5. The topological polar surface area (TPSA) is 105 Å². The number of nitrogen functional groups attached to an aromatic ring is 1. The Kier molecular flexibility index (Phi) is 10.1. The molecule has 0 aliphatic carbocycles. The third-order valence-electron chi connectivity index (χ3n) is 5.98. The number of pyridine rings is 1. The van der Waals surface area contributed by atoms with Crippen LogP contribution >= 0.6 is 0 Å². The Bertz CT molecular complexity index is 1340. The minimum Gasteiger partial charge on any atom is -0.497 e. The Morgan fingerprint density at radius 3 is 2.51 bits per heavy atom. The van der Waals surface area contributed by atoms with Crippen molar-refractivity contribution in [3.05, 3.63) is 72.2 Å². The third kappa shape index (κ3) is 7.40. The summed E-state index contributed by atoms with van der Waals surface area (Å²) in [6.45, 7) is 6.25. The molecule has 3 aromatic rings. The second-order valence-electron chi connectivity index (χ2n) is 9.17. The van der Waals surface area contributed by atoms with Crippen molar-refractivity contribution >= 4 is 29.3 Å². The van der Waals surface area contributed by atoms with Gasteiger partial charge in [-0.1, -0.05) is 24.8 Å². The number of aliphatic imine (C=N–C) groups is 1. The largest absolute Gasteiger partial charge is 0.497 e. The highest BCUT2D eigenvalue weighted by Crippen LogP contribution is 2.41. The SMILES string of the molecule is C=CC=Nc1c(C(=O)Nc2ccc(CN(C)CCN(C)C)cn2)ccc(-c2cc(OC)cc(OC)c2F)c1N. The number of benzene rings is 2. The summed E-state index contributed by atoms with van der Waals surface area (Å²) in [4.78, 5) is 26.3. The van der Waals surface area contributed by atoms with E-state index in [9.17, 15) is 4.79 Å². The zero-order chi connectivity index (χ0) is 28.5. The number of likely N-dealkylation sites (N-methyl/N-ethyl adjacent to an activating group) is 2. The molecule has 0 bridgehead atoms. The van der Waals surface area contributed by atoms with Crippen LogP contribution < -0.4 is 20.5 Å². The fraction of sp³-hybridized carbons (Fsp3) is 0.276. The van der Waals surface area contributed by atoms with Crippen LogP contribution in [0.3, 0.4) is 0 Å². The lowest BCUT2D eigenvalue weighted by molar-refractivity contribution is 0.102. The van der Waals surface area contributed by atoms with Gasteiger partial charge in [-0.2, -0.15) is 0 Å². The number of nitrogens with one attached hydrogen (secondary N) is 1. The summed E-state index contributed by atoms with van der Waals surface area (Å²) >= 11 is 0. The van der Waals surface area contributed by atoms with Crippen molar-refractivity contribution in [1.29, 1.82) is 0 Å². The van der Waals surface area contributed by atoms with Gasteiger partial charge in [0.15, 0.2) is 11.6 Å². The summed E-state index contributed by atoms with van der Waals surface area (Å²) in [6, 6.07) is 9.71. The second-order valence-corrected chi connectivity index (χ2v) is 9.17. The number of halogens is 1. The molecule has 0 unspecified atom stereocenters. The number of aromatic nitrogens is 1. The summed E-state index contributed by atoms with van der Waals surface area (Å²) in [5.41, 5.74) is 8.43. The van der Waals surface area contributed by atoms with Crippen molar-refractivity contribution in [3.63, 3.8) is 0 Å². The highest BCUT2D eigenvalue weighted by Gasteiger charge is 2.21. The fourth-order valence-electron chi connectivity index (χ4n) is 3.86. The normalized spacial score (nSPS) is 11.3. The molecule has 0 radical (unpaired) electrons. The van der Waals surface area contributed by atoms with Crippen molar-refractivity contribution in [3.8, 4) is 22.6 Å². The van der Waals surface area contributed by atoms with E-state index in [0.717, 1.165) is 25.2 Å². The van der Waals surface area contributed by atoms with Crippen LogP contribution in [-0.4, -0.2) is 75.4 Å². The quantitative estimate of drug-likeness (QED) is 0.258. The van der Waals surface area contributed by atoms with Gasteiger partial charge in [0.1, 0.15) is 11.6 Å². The van der Waals surface area contributed by atoms with Gasteiger partial charge in [0.2, 0.25) is 0 Å². The van der Waals surface area contributed by atoms with Gasteiger partial charge in [-0.05, 0) is 44.9 Å². The molecular formula is C29H35FN6O3. The number of carbonyl (C=O) groups is 1. The van der Waals surface area contributed by atoms with Crippen molar-refractivity contribution < 1.29 is 18.7 Å². The van der Waals surface area contributed by atoms with Gasteiger partial charge >= 0.3 is 0 Å². The Morgan fingerprint density at radius 2 is 1.90 bits per heavy atom. The summed E-state index contributed by atoms with van der Waals surface area (Å²) < 4.78 is 25.6. The van der Waals surface area contributed by atoms with Crippen LogP contribution in [0.15, 0.2) is 60.2 Å². The molecule has 0 fully saturated rings. The van der Waals surface area contributed by atoms with E-state index in [-0.39, 0.29) is 28.3 Å². The van der Waals surface area contributed by atoms with Gasteiger partial charge < -0.3 is 30.3 Å². The van der Waals surface area contributed by atoms with E-state index in [2.05, 4.69) is 31.7 Å². The Morgan fingerprint density at radius 1 is 1.13 bits per heavy atom. The lowest BCUT2D eigenvalue weighted by Gasteiger charge is -2.19. The van der Waals surface area contributed by atoms with E-state index in [1.165, 1.54) is 44.7 Å². The number of nitrogens with two attached hydrogens (primary N) is 1. The molecular weight excluding hydrogens is 499 g/mol. The van der Waals surface area contributed by atoms with Crippen LogP contribution in [0, 0.1) is 5.82 Å². The summed E-state index contributed by atoms with van der Waals surface area (Å²) in [7, 11) is 8.96. The number of hydrogen-bond acceptors (Lipinski definition) is 8. The average molecular weight is 535 g/mol. The van der Waals surface area contributed by atoms with E-state index in [1.54, 1.807) is 18.3 Å². The predicted molar refractivity (Wildman–Crippen MR) is 155 cm³/mol. The lowest BCUT2D eigenvalue weighted by atomic mass is 9.98. The minimum atomic E-state index is -0.613. The maximum atomic E-state index is 15.2. The molecule has 2 aromatic carbocycles. The molecule has 206 valence electrons. The van der Waals surface area contributed by atoms with Gasteiger partial charge in [-0.3, -0.25) is 9.79 Å². The Balaban J connectivity index is 1.89. The molecule has 0 saturated heterocycles. The number of carbonyl (C=O) groups excluding carboxylic acids is 1. The first kappa shape index (κ1) is 29.3. The molecule has 1 heterocycles. The molecule has 0 atom stereocenters. The highest BCUT2D eigenvalue weighted by atomic mass is 19.1. The molecule has 10 heteroatoms. The first-order valence-electron chi connectivity index (χ1n) is 12.3. The molecule has 0 saturated carbocycles. The first-order valence-corrected chi connectivity index (χ1v) is 12.3. The molecule has 0 aliphatic rings. The molecule has 3 N–H and O–H groups in total. The van der Waals surface area contributed by atoms with Crippen molar-refractivity contribution in [1.82, 2.24) is 14.8 Å². The molecule has 9 nitrogen and oxygen atoms in total.